The van der Waals surface area contributed by atoms with Crippen LogP contribution < -0.4 is 9.47 Å². The summed E-state index contributed by atoms with van der Waals surface area (Å²) in [7, 11) is 3.14. The zero-order valence-electron chi connectivity index (χ0n) is 12.5. The van der Waals surface area contributed by atoms with Gasteiger partial charge in [-0.25, -0.2) is 4.98 Å². The highest BCUT2D eigenvalue weighted by molar-refractivity contribution is 8.00. The summed E-state index contributed by atoms with van der Waals surface area (Å²) in [5, 5.41) is 15.8. The lowest BCUT2D eigenvalue weighted by atomic mass is 10.2. The van der Waals surface area contributed by atoms with Crippen molar-refractivity contribution in [2.24, 2.45) is 0 Å². The van der Waals surface area contributed by atoms with Crippen molar-refractivity contribution in [3.05, 3.63) is 18.2 Å². The molecule has 1 aromatic heterocycles. The van der Waals surface area contributed by atoms with E-state index in [0.717, 1.165) is 17.3 Å². The predicted molar refractivity (Wildman–Crippen MR) is 82.5 cm³/mol. The van der Waals surface area contributed by atoms with E-state index >= 15 is 0 Å². The quantitative estimate of drug-likeness (QED) is 0.755. The van der Waals surface area contributed by atoms with Crippen molar-refractivity contribution in [3.8, 4) is 22.9 Å². The normalized spacial score (nSPS) is 12.0. The first kappa shape index (κ1) is 16.2. The van der Waals surface area contributed by atoms with Gasteiger partial charge in [-0.3, -0.25) is 9.89 Å². The Balaban J connectivity index is 2.26. The second kappa shape index (κ2) is 7.17. The van der Waals surface area contributed by atoms with Gasteiger partial charge in [0, 0.05) is 11.6 Å². The van der Waals surface area contributed by atoms with Crippen LogP contribution in [0.5, 0.6) is 11.5 Å². The summed E-state index contributed by atoms with van der Waals surface area (Å²) < 4.78 is 10.4. The summed E-state index contributed by atoms with van der Waals surface area (Å²) in [6, 6.07) is 5.35. The Morgan fingerprint density at radius 2 is 1.95 bits per heavy atom. The monoisotopic (exact) mass is 323 g/mol. The van der Waals surface area contributed by atoms with Crippen molar-refractivity contribution in [3.63, 3.8) is 0 Å². The Labute approximate surface area is 132 Å². The van der Waals surface area contributed by atoms with E-state index in [1.165, 1.54) is 0 Å². The van der Waals surface area contributed by atoms with Gasteiger partial charge in [-0.05, 0) is 18.6 Å². The van der Waals surface area contributed by atoms with Gasteiger partial charge < -0.3 is 14.6 Å². The summed E-state index contributed by atoms with van der Waals surface area (Å²) in [5.41, 5.74) is 0.749. The van der Waals surface area contributed by atoms with E-state index in [-0.39, 0.29) is 0 Å². The minimum atomic E-state index is -0.873. The van der Waals surface area contributed by atoms with Crippen LogP contribution in [0.1, 0.15) is 13.3 Å². The Bertz CT molecular complexity index is 637. The summed E-state index contributed by atoms with van der Waals surface area (Å²) in [6.07, 6.45) is 0.497. The van der Waals surface area contributed by atoms with Crippen molar-refractivity contribution in [2.75, 3.05) is 14.2 Å². The van der Waals surface area contributed by atoms with E-state index in [4.69, 9.17) is 14.6 Å². The second-order valence-corrected chi connectivity index (χ2v) is 5.59. The fourth-order valence-corrected chi connectivity index (χ4v) is 2.57. The van der Waals surface area contributed by atoms with Crippen LogP contribution in [0.25, 0.3) is 11.4 Å². The van der Waals surface area contributed by atoms with Gasteiger partial charge in [0.25, 0.3) is 0 Å². The average molecular weight is 323 g/mol. The standard InChI is InChI=1S/C14H17N3O4S/c1-4-11(13(18)19)22-14-15-12(16-17-14)8-5-9(20-2)7-10(6-8)21-3/h5-7,11H,4H2,1-3H3,(H,18,19)(H,15,16,17)/t11-/m1/s1. The smallest absolute Gasteiger partial charge is 0.317 e. The molecule has 0 saturated carbocycles. The number of rotatable bonds is 7. The number of carboxylic acid groups (broad SMARTS) is 1. The van der Waals surface area contributed by atoms with Crippen molar-refractivity contribution in [2.45, 2.75) is 23.8 Å². The molecule has 0 radical (unpaired) electrons. The van der Waals surface area contributed by atoms with Gasteiger partial charge >= 0.3 is 5.97 Å². The van der Waals surface area contributed by atoms with Crippen LogP contribution in [0.4, 0.5) is 0 Å². The van der Waals surface area contributed by atoms with Gasteiger partial charge in [0.2, 0.25) is 5.16 Å². The molecule has 2 aromatic rings. The van der Waals surface area contributed by atoms with Crippen molar-refractivity contribution in [1.82, 2.24) is 15.2 Å². The van der Waals surface area contributed by atoms with Crippen LogP contribution in [0.3, 0.4) is 0 Å². The maximum Gasteiger partial charge on any atom is 0.317 e. The SMILES string of the molecule is CC[C@@H](Sc1n[nH]c(-c2cc(OC)cc(OC)c2)n1)C(=O)O. The van der Waals surface area contributed by atoms with Crippen LogP contribution in [0, 0.1) is 0 Å². The molecule has 0 bridgehead atoms. The molecule has 22 heavy (non-hydrogen) atoms. The highest BCUT2D eigenvalue weighted by Crippen LogP contribution is 2.29. The second-order valence-electron chi connectivity index (χ2n) is 4.42. The van der Waals surface area contributed by atoms with Gasteiger partial charge in [-0.15, -0.1) is 5.10 Å². The van der Waals surface area contributed by atoms with E-state index in [9.17, 15) is 4.79 Å². The topological polar surface area (TPSA) is 97.3 Å². The van der Waals surface area contributed by atoms with Gasteiger partial charge in [0.05, 0.1) is 14.2 Å². The highest BCUT2D eigenvalue weighted by atomic mass is 32.2. The molecule has 0 fully saturated rings. The number of benzene rings is 1. The number of aromatic amines is 1. The number of aromatic nitrogens is 3. The molecule has 2 rings (SSSR count). The molecule has 0 aliphatic heterocycles. The number of carboxylic acids is 1. The van der Waals surface area contributed by atoms with E-state index in [1.54, 1.807) is 32.4 Å². The molecule has 1 aromatic carbocycles. The van der Waals surface area contributed by atoms with E-state index in [2.05, 4.69) is 15.2 Å². The zero-order valence-corrected chi connectivity index (χ0v) is 13.3. The first-order valence-electron chi connectivity index (χ1n) is 6.62. The Morgan fingerprint density at radius 1 is 1.32 bits per heavy atom. The third-order valence-electron chi connectivity index (χ3n) is 2.98. The number of carbonyl (C=O) groups is 1. The molecular weight excluding hydrogens is 306 g/mol. The van der Waals surface area contributed by atoms with Crippen LogP contribution >= 0.6 is 11.8 Å². The van der Waals surface area contributed by atoms with E-state index < -0.39 is 11.2 Å². The molecule has 0 amide bonds. The van der Waals surface area contributed by atoms with Gasteiger partial charge in [0.15, 0.2) is 5.82 Å². The molecule has 1 heterocycles. The van der Waals surface area contributed by atoms with Crippen LogP contribution in [-0.2, 0) is 4.79 Å². The third-order valence-corrected chi connectivity index (χ3v) is 4.20. The first-order valence-corrected chi connectivity index (χ1v) is 7.50. The number of nitrogens with one attached hydrogen (secondary N) is 1. The first-order chi connectivity index (χ1) is 10.6. The molecule has 1 atom stereocenters. The lowest BCUT2D eigenvalue weighted by Crippen LogP contribution is -2.14. The molecule has 7 nitrogen and oxygen atoms in total. The van der Waals surface area contributed by atoms with E-state index in [0.29, 0.717) is 28.9 Å². The summed E-state index contributed by atoms with van der Waals surface area (Å²) in [5.74, 6) is 0.927. The van der Waals surface area contributed by atoms with Gasteiger partial charge in [-0.1, -0.05) is 18.7 Å². The van der Waals surface area contributed by atoms with Gasteiger partial charge in [0.1, 0.15) is 16.7 Å². The van der Waals surface area contributed by atoms with Crippen LogP contribution in [0.2, 0.25) is 0 Å². The average Bonchev–Trinajstić information content (AvgIpc) is 3.00. The molecule has 2 N–H and O–H groups in total. The number of ether oxygens (including phenoxy) is 2. The minimum Gasteiger partial charge on any atom is -0.497 e. The number of hydrogen-bond donors (Lipinski definition) is 2. The number of thioether (sulfide) groups is 1. The largest absolute Gasteiger partial charge is 0.497 e. The van der Waals surface area contributed by atoms with E-state index in [1.807, 2.05) is 6.92 Å². The number of hydrogen-bond acceptors (Lipinski definition) is 6. The molecule has 0 spiro atoms. The third kappa shape index (κ3) is 3.70. The van der Waals surface area contributed by atoms with Crippen LogP contribution in [0.15, 0.2) is 23.4 Å². The lowest BCUT2D eigenvalue weighted by Gasteiger charge is -2.06. The number of nitrogens with zero attached hydrogens (tertiary/aromatic N) is 2. The molecule has 0 aliphatic carbocycles. The molecule has 118 valence electrons. The fourth-order valence-electron chi connectivity index (χ4n) is 1.81. The molecular formula is C14H17N3O4S. The Hall–Kier alpha value is -2.22. The lowest BCUT2D eigenvalue weighted by molar-refractivity contribution is -0.136. The molecule has 0 saturated heterocycles. The van der Waals surface area contributed by atoms with Crippen molar-refractivity contribution in [1.29, 1.82) is 0 Å². The summed E-state index contributed by atoms with van der Waals surface area (Å²) in [4.78, 5) is 15.4. The van der Waals surface area contributed by atoms with Crippen molar-refractivity contribution >= 4 is 17.7 Å². The minimum absolute atomic E-state index is 0.394. The number of methoxy groups -OCH3 is 2. The summed E-state index contributed by atoms with van der Waals surface area (Å²) in [6.45, 7) is 1.81. The fraction of sp³-hybridized carbons (Fsp3) is 0.357. The molecule has 0 unspecified atom stereocenters. The summed E-state index contributed by atoms with van der Waals surface area (Å²) >= 11 is 1.12. The highest BCUT2D eigenvalue weighted by Gasteiger charge is 2.19. The van der Waals surface area contributed by atoms with Crippen LogP contribution in [-0.4, -0.2) is 45.7 Å². The van der Waals surface area contributed by atoms with Gasteiger partial charge in [-0.2, -0.15) is 0 Å². The number of aliphatic carboxylic acids is 1. The zero-order chi connectivity index (χ0) is 16.1. The molecule has 0 aliphatic rings. The van der Waals surface area contributed by atoms with Crippen molar-refractivity contribution < 1.29 is 19.4 Å². The molecule has 8 heteroatoms. The maximum atomic E-state index is 11.1. The Morgan fingerprint density at radius 3 is 2.45 bits per heavy atom. The number of H-pyrrole nitrogens is 1. The maximum absolute atomic E-state index is 11.1. The Kier molecular flexibility index (Phi) is 5.26. The predicted octanol–water partition coefficient (Wildman–Crippen LogP) is 2.44.